The highest BCUT2D eigenvalue weighted by Crippen LogP contribution is 2.42. The van der Waals surface area contributed by atoms with E-state index in [1.807, 2.05) is 0 Å². The Morgan fingerprint density at radius 1 is 1.16 bits per heavy atom. The molecule has 1 aliphatic heterocycles. The monoisotopic (exact) mass is 473 g/mol. The molecule has 0 bridgehead atoms. The van der Waals surface area contributed by atoms with Gasteiger partial charge < -0.3 is 0 Å². The molecule has 4 atom stereocenters. The van der Waals surface area contributed by atoms with Crippen molar-refractivity contribution in [3.63, 3.8) is 0 Å². The van der Waals surface area contributed by atoms with E-state index in [1.165, 1.54) is 18.2 Å². The molecule has 2 fully saturated rings. The third-order valence-corrected chi connectivity index (χ3v) is 7.18. The number of hydrazine groups is 1. The van der Waals surface area contributed by atoms with Gasteiger partial charge in [-0.05, 0) is 18.9 Å². The second-order valence-electron chi connectivity index (χ2n) is 5.98. The quantitative estimate of drug-likeness (QED) is 0.312. The molecule has 3 amide bonds. The predicted molar refractivity (Wildman–Crippen MR) is 94.1 cm³/mol. The number of nitro benzene ring substituents is 1. The minimum absolute atomic E-state index is 0.00130. The number of fused-ring (bicyclic) bond motifs is 1. The molecule has 1 saturated carbocycles. The van der Waals surface area contributed by atoms with Gasteiger partial charge in [0.25, 0.3) is 23.4 Å². The van der Waals surface area contributed by atoms with Crippen LogP contribution in [0.15, 0.2) is 24.3 Å². The van der Waals surface area contributed by atoms with E-state index in [1.54, 1.807) is 0 Å². The Balaban J connectivity index is 1.78. The SMILES string of the molecule is O=C(NN1C(=O)[C@H]2C[C@H](Br)[C@@H](Br)C[C@H]2C1=O)c1cccc([N+](=O)[O-])c1. The highest BCUT2D eigenvalue weighted by Gasteiger charge is 2.52. The number of halogens is 2. The Bertz CT molecular complexity index is 743. The first-order valence-electron chi connectivity index (χ1n) is 7.51. The Morgan fingerprint density at radius 2 is 1.72 bits per heavy atom. The van der Waals surface area contributed by atoms with E-state index in [0.29, 0.717) is 12.8 Å². The van der Waals surface area contributed by atoms with Crippen LogP contribution in [0.25, 0.3) is 0 Å². The zero-order chi connectivity index (χ0) is 18.3. The van der Waals surface area contributed by atoms with Gasteiger partial charge in [-0.25, -0.2) is 0 Å². The Morgan fingerprint density at radius 3 is 2.24 bits per heavy atom. The number of rotatable bonds is 3. The summed E-state index contributed by atoms with van der Waals surface area (Å²) in [5.74, 6) is -2.59. The van der Waals surface area contributed by atoms with Crippen molar-refractivity contribution < 1.29 is 19.3 Å². The van der Waals surface area contributed by atoms with Gasteiger partial charge in [0, 0.05) is 27.4 Å². The van der Waals surface area contributed by atoms with Crippen molar-refractivity contribution in [2.75, 3.05) is 0 Å². The predicted octanol–water partition coefficient (Wildman–Crippen LogP) is 2.16. The van der Waals surface area contributed by atoms with E-state index in [0.717, 1.165) is 11.1 Å². The van der Waals surface area contributed by atoms with Crippen LogP contribution in [-0.2, 0) is 9.59 Å². The minimum Gasteiger partial charge on any atom is -0.272 e. The maximum absolute atomic E-state index is 12.5. The van der Waals surface area contributed by atoms with E-state index < -0.39 is 34.5 Å². The van der Waals surface area contributed by atoms with Gasteiger partial charge in [-0.2, -0.15) is 5.01 Å². The lowest BCUT2D eigenvalue weighted by Crippen LogP contribution is -2.46. The summed E-state index contributed by atoms with van der Waals surface area (Å²) in [6.45, 7) is 0. The first kappa shape index (κ1) is 18.0. The average molecular weight is 475 g/mol. The molecule has 1 heterocycles. The number of carbonyl (C=O) groups is 3. The van der Waals surface area contributed by atoms with Crippen molar-refractivity contribution >= 4 is 55.3 Å². The first-order valence-corrected chi connectivity index (χ1v) is 9.34. The van der Waals surface area contributed by atoms with Gasteiger partial charge in [0.1, 0.15) is 0 Å². The van der Waals surface area contributed by atoms with Gasteiger partial charge in [0.2, 0.25) is 0 Å². The second-order valence-corrected chi connectivity index (χ2v) is 8.33. The number of imide groups is 1. The second kappa shape index (κ2) is 6.83. The largest absolute Gasteiger partial charge is 0.272 e. The first-order chi connectivity index (χ1) is 11.8. The van der Waals surface area contributed by atoms with E-state index in [4.69, 9.17) is 0 Å². The summed E-state index contributed by atoms with van der Waals surface area (Å²) in [6.07, 6.45) is 0.989. The maximum Gasteiger partial charge on any atom is 0.270 e. The lowest BCUT2D eigenvalue weighted by Gasteiger charge is -2.29. The number of nitro groups is 1. The Hall–Kier alpha value is -1.81. The number of nitrogens with one attached hydrogen (secondary N) is 1. The summed E-state index contributed by atoms with van der Waals surface area (Å²) in [5.41, 5.74) is 2.04. The van der Waals surface area contributed by atoms with Crippen LogP contribution in [0.4, 0.5) is 5.69 Å². The van der Waals surface area contributed by atoms with Gasteiger partial charge in [0.15, 0.2) is 0 Å². The molecule has 0 aromatic heterocycles. The summed E-state index contributed by atoms with van der Waals surface area (Å²) in [4.78, 5) is 47.6. The fourth-order valence-electron chi connectivity index (χ4n) is 3.13. The molecule has 8 nitrogen and oxygen atoms in total. The molecular weight excluding hydrogens is 462 g/mol. The van der Waals surface area contributed by atoms with Crippen LogP contribution in [-0.4, -0.2) is 37.3 Å². The van der Waals surface area contributed by atoms with Gasteiger partial charge in [-0.3, -0.25) is 29.9 Å². The maximum atomic E-state index is 12.5. The molecule has 1 aliphatic carbocycles. The summed E-state index contributed by atoms with van der Waals surface area (Å²) in [5, 5.41) is 11.6. The van der Waals surface area contributed by atoms with Crippen LogP contribution >= 0.6 is 31.9 Å². The van der Waals surface area contributed by atoms with Crippen molar-refractivity contribution in [1.82, 2.24) is 10.4 Å². The number of benzene rings is 1. The van der Waals surface area contributed by atoms with Crippen LogP contribution in [0.3, 0.4) is 0 Å². The normalized spacial score (nSPS) is 28.6. The number of non-ortho nitro benzene ring substituents is 1. The highest BCUT2D eigenvalue weighted by molar-refractivity contribution is 9.12. The molecule has 0 spiro atoms. The van der Waals surface area contributed by atoms with Crippen LogP contribution in [0.2, 0.25) is 0 Å². The zero-order valence-electron chi connectivity index (χ0n) is 12.7. The fourth-order valence-corrected chi connectivity index (χ4v) is 4.37. The molecule has 1 aromatic carbocycles. The lowest BCUT2D eigenvalue weighted by atomic mass is 9.81. The van der Waals surface area contributed by atoms with E-state index in [9.17, 15) is 24.5 Å². The third kappa shape index (κ3) is 3.32. The molecule has 1 saturated heterocycles. The van der Waals surface area contributed by atoms with Crippen LogP contribution in [0.1, 0.15) is 23.2 Å². The fraction of sp³-hybridized carbons (Fsp3) is 0.400. The Kier molecular flexibility index (Phi) is 4.92. The molecular formula is C15H13Br2N3O5. The van der Waals surface area contributed by atoms with Crippen LogP contribution in [0.5, 0.6) is 0 Å². The summed E-state index contributed by atoms with van der Waals surface area (Å²) in [6, 6.07) is 5.09. The molecule has 2 aliphatic rings. The molecule has 0 radical (unpaired) electrons. The standard InChI is InChI=1S/C15H13Br2N3O5/c16-11-5-9-10(6-12(11)17)15(23)19(14(9)22)18-13(21)7-2-1-3-8(4-7)20(24)25/h1-4,9-12H,5-6H2,(H,18,21)/t9-,10+,11-,12-/m0/s1. The molecule has 10 heteroatoms. The topological polar surface area (TPSA) is 110 Å². The number of amides is 3. The van der Waals surface area contributed by atoms with Gasteiger partial charge >= 0.3 is 0 Å². The van der Waals surface area contributed by atoms with Crippen molar-refractivity contribution in [3.05, 3.63) is 39.9 Å². The highest BCUT2D eigenvalue weighted by atomic mass is 79.9. The van der Waals surface area contributed by atoms with Crippen molar-refractivity contribution in [2.24, 2.45) is 11.8 Å². The lowest BCUT2D eigenvalue weighted by molar-refractivity contribution is -0.384. The van der Waals surface area contributed by atoms with E-state index in [-0.39, 0.29) is 20.9 Å². The molecule has 25 heavy (non-hydrogen) atoms. The Labute approximate surface area is 159 Å². The smallest absolute Gasteiger partial charge is 0.270 e. The van der Waals surface area contributed by atoms with Crippen molar-refractivity contribution in [2.45, 2.75) is 22.5 Å². The molecule has 3 rings (SSSR count). The third-order valence-electron chi connectivity index (χ3n) is 4.44. The van der Waals surface area contributed by atoms with E-state index in [2.05, 4.69) is 37.3 Å². The van der Waals surface area contributed by atoms with Gasteiger partial charge in [0.05, 0.1) is 16.8 Å². The molecule has 1 N–H and O–H groups in total. The summed E-state index contributed by atoms with van der Waals surface area (Å²) < 4.78 is 0. The zero-order valence-corrected chi connectivity index (χ0v) is 15.9. The molecule has 0 unspecified atom stereocenters. The number of alkyl halides is 2. The summed E-state index contributed by atoms with van der Waals surface area (Å²) in [7, 11) is 0. The molecule has 1 aromatic rings. The average Bonchev–Trinajstić information content (AvgIpc) is 2.80. The number of hydrogen-bond acceptors (Lipinski definition) is 5. The van der Waals surface area contributed by atoms with Crippen molar-refractivity contribution in [1.29, 1.82) is 0 Å². The molecule has 132 valence electrons. The summed E-state index contributed by atoms with van der Waals surface area (Å²) >= 11 is 6.97. The van der Waals surface area contributed by atoms with E-state index >= 15 is 0 Å². The number of carbonyl (C=O) groups excluding carboxylic acids is 3. The van der Waals surface area contributed by atoms with Crippen LogP contribution < -0.4 is 5.43 Å². The minimum atomic E-state index is -0.741. The van der Waals surface area contributed by atoms with Crippen LogP contribution in [0, 0.1) is 22.0 Å². The van der Waals surface area contributed by atoms with Gasteiger partial charge in [-0.1, -0.05) is 37.9 Å². The van der Waals surface area contributed by atoms with Crippen molar-refractivity contribution in [3.8, 4) is 0 Å². The number of nitrogens with zero attached hydrogens (tertiary/aromatic N) is 2. The number of hydrogen-bond donors (Lipinski definition) is 1. The van der Waals surface area contributed by atoms with Gasteiger partial charge in [-0.15, -0.1) is 0 Å².